The lowest BCUT2D eigenvalue weighted by Gasteiger charge is -2.25. The third kappa shape index (κ3) is 5.70. The van der Waals surface area contributed by atoms with Crippen molar-refractivity contribution >= 4 is 17.5 Å². The molecule has 166 valence electrons. The summed E-state index contributed by atoms with van der Waals surface area (Å²) in [6, 6.07) is 11.8. The second-order valence-electron chi connectivity index (χ2n) is 8.02. The van der Waals surface area contributed by atoms with Gasteiger partial charge in [-0.2, -0.15) is 0 Å². The van der Waals surface area contributed by atoms with E-state index in [-0.39, 0.29) is 12.7 Å². The van der Waals surface area contributed by atoms with Crippen molar-refractivity contribution in [3.63, 3.8) is 0 Å². The van der Waals surface area contributed by atoms with Crippen molar-refractivity contribution in [3.8, 4) is 11.5 Å². The number of nitrogens with zero attached hydrogens (tertiary/aromatic N) is 2. The first kappa shape index (κ1) is 21.9. The fraction of sp³-hybridized carbons (Fsp3) is 0.458. The maximum Gasteiger partial charge on any atom is 0.222 e. The molecule has 7 heteroatoms. The standard InChI is InChI=1S/C24H29ClN2O4/c1-29-22-6-3-18(4-7-22)5-8-23(28)27-10-2-9-26(11-12-27)15-19-13-21(25)14-20-16-30-17-31-24(19)20/h3-4,6-7,13-14H,2,5,8-12,15-17H2,1H3. The number of amides is 1. The first-order chi connectivity index (χ1) is 15.1. The van der Waals surface area contributed by atoms with Crippen LogP contribution in [0.5, 0.6) is 11.5 Å². The van der Waals surface area contributed by atoms with Gasteiger partial charge in [0, 0.05) is 55.3 Å². The van der Waals surface area contributed by atoms with Crippen molar-refractivity contribution in [1.29, 1.82) is 0 Å². The number of rotatable bonds is 6. The van der Waals surface area contributed by atoms with E-state index in [0.29, 0.717) is 18.1 Å². The van der Waals surface area contributed by atoms with E-state index < -0.39 is 0 Å². The largest absolute Gasteiger partial charge is 0.497 e. The van der Waals surface area contributed by atoms with E-state index in [2.05, 4.69) is 4.90 Å². The van der Waals surface area contributed by atoms with Crippen LogP contribution in [0.4, 0.5) is 0 Å². The van der Waals surface area contributed by atoms with Gasteiger partial charge >= 0.3 is 0 Å². The SMILES string of the molecule is COc1ccc(CCC(=O)N2CCCN(Cc3cc(Cl)cc4c3OCOC4)CC2)cc1. The summed E-state index contributed by atoms with van der Waals surface area (Å²) in [6.07, 6.45) is 2.24. The molecule has 2 aliphatic heterocycles. The Morgan fingerprint density at radius 3 is 2.77 bits per heavy atom. The smallest absolute Gasteiger partial charge is 0.222 e. The summed E-state index contributed by atoms with van der Waals surface area (Å²) in [5.74, 6) is 1.95. The molecule has 0 bridgehead atoms. The number of halogens is 1. The van der Waals surface area contributed by atoms with Crippen LogP contribution >= 0.6 is 11.6 Å². The molecule has 1 amide bonds. The second-order valence-corrected chi connectivity index (χ2v) is 8.46. The molecule has 1 fully saturated rings. The summed E-state index contributed by atoms with van der Waals surface area (Å²) in [6.45, 7) is 4.89. The van der Waals surface area contributed by atoms with Gasteiger partial charge in [0.05, 0.1) is 13.7 Å². The predicted octanol–water partition coefficient (Wildman–Crippen LogP) is 3.88. The highest BCUT2D eigenvalue weighted by atomic mass is 35.5. The van der Waals surface area contributed by atoms with E-state index in [4.69, 9.17) is 25.8 Å². The van der Waals surface area contributed by atoms with Crippen LogP contribution in [-0.4, -0.2) is 55.8 Å². The molecule has 0 saturated carbocycles. The maximum absolute atomic E-state index is 12.8. The summed E-state index contributed by atoms with van der Waals surface area (Å²) >= 11 is 6.31. The summed E-state index contributed by atoms with van der Waals surface area (Å²) in [5.41, 5.74) is 3.24. The second kappa shape index (κ2) is 10.4. The van der Waals surface area contributed by atoms with Crippen LogP contribution in [0.1, 0.15) is 29.5 Å². The number of hydrogen-bond donors (Lipinski definition) is 0. The summed E-state index contributed by atoms with van der Waals surface area (Å²) in [5, 5.41) is 0.702. The zero-order valence-corrected chi connectivity index (χ0v) is 18.7. The number of fused-ring (bicyclic) bond motifs is 1. The molecule has 2 aromatic rings. The van der Waals surface area contributed by atoms with Gasteiger partial charge in [-0.15, -0.1) is 0 Å². The molecule has 0 N–H and O–H groups in total. The summed E-state index contributed by atoms with van der Waals surface area (Å²) in [7, 11) is 1.66. The van der Waals surface area contributed by atoms with E-state index in [1.165, 1.54) is 0 Å². The van der Waals surface area contributed by atoms with E-state index >= 15 is 0 Å². The lowest BCUT2D eigenvalue weighted by Crippen LogP contribution is -2.35. The molecular formula is C24H29ClN2O4. The zero-order chi connectivity index (χ0) is 21.6. The Morgan fingerprint density at radius 2 is 1.97 bits per heavy atom. The molecule has 0 atom stereocenters. The van der Waals surface area contributed by atoms with Gasteiger partial charge in [-0.25, -0.2) is 0 Å². The van der Waals surface area contributed by atoms with E-state index in [0.717, 1.165) is 73.8 Å². The minimum absolute atomic E-state index is 0.221. The van der Waals surface area contributed by atoms with Gasteiger partial charge < -0.3 is 19.1 Å². The van der Waals surface area contributed by atoms with Crippen LogP contribution in [0.3, 0.4) is 0 Å². The van der Waals surface area contributed by atoms with Crippen LogP contribution in [0.2, 0.25) is 5.02 Å². The first-order valence-electron chi connectivity index (χ1n) is 10.8. The van der Waals surface area contributed by atoms with Gasteiger partial charge in [-0.1, -0.05) is 23.7 Å². The highest BCUT2D eigenvalue weighted by Gasteiger charge is 2.22. The van der Waals surface area contributed by atoms with Crippen molar-refractivity contribution in [1.82, 2.24) is 9.80 Å². The lowest BCUT2D eigenvalue weighted by molar-refractivity contribution is -0.131. The number of methoxy groups -OCH3 is 1. The molecule has 0 spiro atoms. The van der Waals surface area contributed by atoms with Crippen LogP contribution in [-0.2, 0) is 29.1 Å². The molecule has 4 rings (SSSR count). The van der Waals surface area contributed by atoms with Gasteiger partial charge in [0.25, 0.3) is 0 Å². The van der Waals surface area contributed by atoms with Crippen LogP contribution in [0.15, 0.2) is 36.4 Å². The van der Waals surface area contributed by atoms with E-state index in [1.54, 1.807) is 7.11 Å². The van der Waals surface area contributed by atoms with Crippen LogP contribution in [0, 0.1) is 0 Å². The molecule has 2 aliphatic rings. The topological polar surface area (TPSA) is 51.2 Å². The Balaban J connectivity index is 1.31. The third-order valence-electron chi connectivity index (χ3n) is 5.87. The number of aryl methyl sites for hydroxylation is 1. The number of hydrogen-bond acceptors (Lipinski definition) is 5. The minimum atomic E-state index is 0.221. The highest BCUT2D eigenvalue weighted by Crippen LogP contribution is 2.32. The van der Waals surface area contributed by atoms with Crippen LogP contribution < -0.4 is 9.47 Å². The van der Waals surface area contributed by atoms with Gasteiger partial charge in [-0.3, -0.25) is 9.69 Å². The first-order valence-corrected chi connectivity index (χ1v) is 11.1. The molecule has 2 heterocycles. The van der Waals surface area contributed by atoms with E-state index in [9.17, 15) is 4.79 Å². The van der Waals surface area contributed by atoms with Gasteiger partial charge in [0.1, 0.15) is 11.5 Å². The van der Waals surface area contributed by atoms with Crippen molar-refractivity contribution < 1.29 is 19.0 Å². The fourth-order valence-corrected chi connectivity index (χ4v) is 4.46. The van der Waals surface area contributed by atoms with Crippen molar-refractivity contribution in [2.24, 2.45) is 0 Å². The Labute approximate surface area is 188 Å². The highest BCUT2D eigenvalue weighted by molar-refractivity contribution is 6.30. The van der Waals surface area contributed by atoms with Crippen molar-refractivity contribution in [2.45, 2.75) is 32.4 Å². The summed E-state index contributed by atoms with van der Waals surface area (Å²) in [4.78, 5) is 17.2. The normalized spacial score (nSPS) is 16.9. The lowest BCUT2D eigenvalue weighted by atomic mass is 10.1. The van der Waals surface area contributed by atoms with Crippen molar-refractivity contribution in [2.75, 3.05) is 40.1 Å². The molecule has 0 aliphatic carbocycles. The Kier molecular flexibility index (Phi) is 7.33. The molecular weight excluding hydrogens is 416 g/mol. The Hall–Kier alpha value is -2.28. The number of ether oxygens (including phenoxy) is 3. The molecule has 31 heavy (non-hydrogen) atoms. The molecule has 0 aromatic heterocycles. The van der Waals surface area contributed by atoms with Gasteiger partial charge in [-0.05, 0) is 42.7 Å². The molecule has 2 aromatic carbocycles. The molecule has 1 saturated heterocycles. The van der Waals surface area contributed by atoms with Crippen molar-refractivity contribution in [3.05, 3.63) is 58.1 Å². The van der Waals surface area contributed by atoms with E-state index in [1.807, 2.05) is 41.3 Å². The van der Waals surface area contributed by atoms with Gasteiger partial charge in [0.2, 0.25) is 5.91 Å². The quantitative estimate of drug-likeness (QED) is 0.676. The monoisotopic (exact) mass is 444 g/mol. The molecule has 0 radical (unpaired) electrons. The average molecular weight is 445 g/mol. The third-order valence-corrected chi connectivity index (χ3v) is 6.09. The Morgan fingerprint density at radius 1 is 1.13 bits per heavy atom. The molecule has 0 unspecified atom stereocenters. The van der Waals surface area contributed by atoms with Crippen LogP contribution in [0.25, 0.3) is 0 Å². The Bertz CT molecular complexity index is 903. The summed E-state index contributed by atoms with van der Waals surface area (Å²) < 4.78 is 16.3. The number of carbonyl (C=O) groups excluding carboxylic acids is 1. The maximum atomic E-state index is 12.8. The number of benzene rings is 2. The minimum Gasteiger partial charge on any atom is -0.497 e. The fourth-order valence-electron chi connectivity index (χ4n) is 4.20. The zero-order valence-electron chi connectivity index (χ0n) is 17.9. The predicted molar refractivity (Wildman–Crippen MR) is 120 cm³/mol. The average Bonchev–Trinajstić information content (AvgIpc) is 3.03. The molecule has 6 nitrogen and oxygen atoms in total. The van der Waals surface area contributed by atoms with Gasteiger partial charge in [0.15, 0.2) is 6.79 Å². The number of carbonyl (C=O) groups is 1.